The van der Waals surface area contributed by atoms with E-state index in [1.165, 1.54) is 12.1 Å². The van der Waals surface area contributed by atoms with E-state index >= 15 is 0 Å². The van der Waals surface area contributed by atoms with Crippen LogP contribution < -0.4 is 10.6 Å². The van der Waals surface area contributed by atoms with Gasteiger partial charge in [-0.05, 0) is 41.3 Å². The molecule has 2 rings (SSSR count). The van der Waals surface area contributed by atoms with Gasteiger partial charge in [-0.3, -0.25) is 19.4 Å². The van der Waals surface area contributed by atoms with Crippen molar-refractivity contribution in [3.05, 3.63) is 59.4 Å². The van der Waals surface area contributed by atoms with Crippen LogP contribution >= 0.6 is 0 Å². The summed E-state index contributed by atoms with van der Waals surface area (Å²) >= 11 is 0. The zero-order valence-electron chi connectivity index (χ0n) is 14.9. The first kappa shape index (κ1) is 19.1. The van der Waals surface area contributed by atoms with Crippen molar-refractivity contribution in [2.24, 2.45) is 0 Å². The normalized spacial score (nSPS) is 10.9. The maximum absolute atomic E-state index is 12.3. The number of rotatable bonds is 5. The smallest absolute Gasteiger partial charge is 0.322 e. The molecule has 0 spiro atoms. The van der Waals surface area contributed by atoms with Gasteiger partial charge in [0.2, 0.25) is 0 Å². The summed E-state index contributed by atoms with van der Waals surface area (Å²) in [6.45, 7) is 5.75. The van der Waals surface area contributed by atoms with Gasteiger partial charge < -0.3 is 15.7 Å². The summed E-state index contributed by atoms with van der Waals surface area (Å²) in [6.07, 6.45) is 1.69. The van der Waals surface area contributed by atoms with E-state index in [2.05, 4.69) is 36.4 Å². The van der Waals surface area contributed by atoms with E-state index < -0.39 is 18.4 Å². The van der Waals surface area contributed by atoms with Crippen LogP contribution in [-0.2, 0) is 10.2 Å². The molecule has 0 aliphatic carbocycles. The van der Waals surface area contributed by atoms with Gasteiger partial charge in [0.25, 0.3) is 11.8 Å². The average molecular weight is 355 g/mol. The van der Waals surface area contributed by atoms with Crippen LogP contribution in [-0.4, -0.2) is 34.4 Å². The van der Waals surface area contributed by atoms with Crippen molar-refractivity contribution in [2.45, 2.75) is 26.2 Å². The summed E-state index contributed by atoms with van der Waals surface area (Å²) in [6, 6.07) is 9.68. The van der Waals surface area contributed by atoms with Crippen molar-refractivity contribution in [3.63, 3.8) is 0 Å². The third-order valence-corrected chi connectivity index (χ3v) is 3.67. The highest BCUT2D eigenvalue weighted by Gasteiger charge is 2.15. The van der Waals surface area contributed by atoms with E-state index in [1.54, 1.807) is 24.4 Å². The molecule has 3 N–H and O–H groups in total. The third kappa shape index (κ3) is 5.14. The van der Waals surface area contributed by atoms with Crippen LogP contribution in [0.1, 0.15) is 47.2 Å². The first-order valence-corrected chi connectivity index (χ1v) is 8.05. The number of pyridine rings is 1. The van der Waals surface area contributed by atoms with Crippen LogP contribution in [0.5, 0.6) is 0 Å². The third-order valence-electron chi connectivity index (χ3n) is 3.67. The van der Waals surface area contributed by atoms with E-state index in [-0.39, 0.29) is 11.3 Å². The molecular formula is C19H21N3O4. The Balaban J connectivity index is 2.01. The molecule has 136 valence electrons. The first-order chi connectivity index (χ1) is 12.2. The van der Waals surface area contributed by atoms with Crippen molar-refractivity contribution in [3.8, 4) is 0 Å². The molecule has 0 bridgehead atoms. The SMILES string of the molecule is CC(C)(C)c1ccc(C(=O)Nc2ccc(C(=O)NCC(=O)O)cc2)nc1. The van der Waals surface area contributed by atoms with E-state index in [0.29, 0.717) is 16.9 Å². The summed E-state index contributed by atoms with van der Waals surface area (Å²) in [5.74, 6) is -1.97. The fraction of sp³-hybridized carbons (Fsp3) is 0.263. The Bertz CT molecular complexity index is 806. The number of nitrogens with zero attached hydrogens (tertiary/aromatic N) is 1. The molecule has 0 atom stereocenters. The topological polar surface area (TPSA) is 108 Å². The molecule has 1 aromatic heterocycles. The van der Waals surface area contributed by atoms with E-state index in [9.17, 15) is 14.4 Å². The van der Waals surface area contributed by atoms with Gasteiger partial charge in [-0.25, -0.2) is 0 Å². The molecule has 0 aliphatic heterocycles. The van der Waals surface area contributed by atoms with Gasteiger partial charge in [-0.2, -0.15) is 0 Å². The Labute approximate surface area is 151 Å². The number of anilines is 1. The summed E-state index contributed by atoms with van der Waals surface area (Å²) in [4.78, 5) is 38.6. The Kier molecular flexibility index (Phi) is 5.71. The molecule has 7 heteroatoms. The maximum Gasteiger partial charge on any atom is 0.322 e. The summed E-state index contributed by atoms with van der Waals surface area (Å²) in [7, 11) is 0. The van der Waals surface area contributed by atoms with Crippen LogP contribution in [0, 0.1) is 0 Å². The molecule has 1 heterocycles. The molecule has 0 saturated heterocycles. The summed E-state index contributed by atoms with van der Waals surface area (Å²) in [5, 5.41) is 13.5. The number of carboxylic acid groups (broad SMARTS) is 1. The molecular weight excluding hydrogens is 334 g/mol. The fourth-order valence-corrected chi connectivity index (χ4v) is 2.13. The fourth-order valence-electron chi connectivity index (χ4n) is 2.13. The number of carbonyl (C=O) groups excluding carboxylic acids is 2. The molecule has 0 aliphatic rings. The van der Waals surface area contributed by atoms with Crippen LogP contribution in [0.2, 0.25) is 0 Å². The minimum atomic E-state index is -1.12. The Hall–Kier alpha value is -3.22. The Morgan fingerprint density at radius 2 is 1.65 bits per heavy atom. The largest absolute Gasteiger partial charge is 0.480 e. The van der Waals surface area contributed by atoms with E-state index in [4.69, 9.17) is 5.11 Å². The quantitative estimate of drug-likeness (QED) is 0.763. The van der Waals surface area contributed by atoms with Crippen molar-refractivity contribution in [1.82, 2.24) is 10.3 Å². The molecule has 0 fully saturated rings. The first-order valence-electron chi connectivity index (χ1n) is 8.05. The number of hydrogen-bond donors (Lipinski definition) is 3. The standard InChI is InChI=1S/C19H21N3O4/c1-19(2,3)13-6-9-15(20-10-13)18(26)22-14-7-4-12(5-8-14)17(25)21-11-16(23)24/h4-10H,11H2,1-3H3,(H,21,25)(H,22,26)(H,23,24). The van der Waals surface area contributed by atoms with Gasteiger partial charge in [0.05, 0.1) is 0 Å². The van der Waals surface area contributed by atoms with Crippen LogP contribution in [0.25, 0.3) is 0 Å². The second kappa shape index (κ2) is 7.77. The molecule has 7 nitrogen and oxygen atoms in total. The number of aromatic nitrogens is 1. The number of carboxylic acids is 1. The number of aliphatic carboxylic acids is 1. The van der Waals surface area contributed by atoms with Crippen molar-refractivity contribution < 1.29 is 19.5 Å². The van der Waals surface area contributed by atoms with Crippen LogP contribution in [0.4, 0.5) is 5.69 Å². The number of hydrogen-bond acceptors (Lipinski definition) is 4. The summed E-state index contributed by atoms with van der Waals surface area (Å²) < 4.78 is 0. The van der Waals surface area contributed by atoms with E-state index in [0.717, 1.165) is 5.56 Å². The van der Waals surface area contributed by atoms with Gasteiger partial charge >= 0.3 is 5.97 Å². The van der Waals surface area contributed by atoms with Crippen LogP contribution in [0.3, 0.4) is 0 Å². The molecule has 2 aromatic rings. The summed E-state index contributed by atoms with van der Waals surface area (Å²) in [5.41, 5.74) is 2.09. The predicted octanol–water partition coefficient (Wildman–Crippen LogP) is 2.45. The van der Waals surface area contributed by atoms with Gasteiger partial charge in [0, 0.05) is 17.4 Å². The van der Waals surface area contributed by atoms with Crippen molar-refractivity contribution in [1.29, 1.82) is 0 Å². The predicted molar refractivity (Wildman–Crippen MR) is 97.3 cm³/mol. The lowest BCUT2D eigenvalue weighted by Gasteiger charge is -2.18. The highest BCUT2D eigenvalue weighted by Crippen LogP contribution is 2.21. The zero-order chi connectivity index (χ0) is 19.3. The highest BCUT2D eigenvalue weighted by atomic mass is 16.4. The number of carbonyl (C=O) groups is 3. The molecule has 1 aromatic carbocycles. The average Bonchev–Trinajstić information content (AvgIpc) is 2.59. The minimum absolute atomic E-state index is 0.0426. The molecule has 26 heavy (non-hydrogen) atoms. The molecule has 0 saturated carbocycles. The van der Waals surface area contributed by atoms with E-state index in [1.807, 2.05) is 6.07 Å². The number of benzene rings is 1. The zero-order valence-corrected chi connectivity index (χ0v) is 14.9. The van der Waals surface area contributed by atoms with Crippen molar-refractivity contribution >= 4 is 23.5 Å². The van der Waals surface area contributed by atoms with Gasteiger partial charge in [0.1, 0.15) is 12.2 Å². The monoisotopic (exact) mass is 355 g/mol. The van der Waals surface area contributed by atoms with Gasteiger partial charge in [-0.15, -0.1) is 0 Å². The molecule has 0 radical (unpaired) electrons. The lowest BCUT2D eigenvalue weighted by molar-refractivity contribution is -0.135. The number of amides is 2. The highest BCUT2D eigenvalue weighted by molar-refractivity contribution is 6.03. The Morgan fingerprint density at radius 1 is 1.00 bits per heavy atom. The van der Waals surface area contributed by atoms with Crippen LogP contribution in [0.15, 0.2) is 42.6 Å². The molecule has 0 unspecified atom stereocenters. The minimum Gasteiger partial charge on any atom is -0.480 e. The lowest BCUT2D eigenvalue weighted by Crippen LogP contribution is -2.29. The van der Waals surface area contributed by atoms with Gasteiger partial charge in [0.15, 0.2) is 0 Å². The van der Waals surface area contributed by atoms with Gasteiger partial charge in [-0.1, -0.05) is 26.8 Å². The number of nitrogens with one attached hydrogen (secondary N) is 2. The van der Waals surface area contributed by atoms with Crippen molar-refractivity contribution in [2.75, 3.05) is 11.9 Å². The lowest BCUT2D eigenvalue weighted by atomic mass is 9.88. The second-order valence-corrected chi connectivity index (χ2v) is 6.79. The molecule has 2 amide bonds. The maximum atomic E-state index is 12.3. The Morgan fingerprint density at radius 3 is 2.15 bits per heavy atom. The second-order valence-electron chi connectivity index (χ2n) is 6.79.